The van der Waals surface area contributed by atoms with Crippen LogP contribution in [0.4, 0.5) is 0 Å². The molecule has 0 radical (unpaired) electrons. The molecule has 2 fully saturated rings. The lowest BCUT2D eigenvalue weighted by Crippen LogP contribution is -2.43. The molecular formula is C22H31N3O2. The van der Waals surface area contributed by atoms with E-state index >= 15 is 0 Å². The van der Waals surface area contributed by atoms with E-state index in [0.29, 0.717) is 6.04 Å². The van der Waals surface area contributed by atoms with E-state index < -0.39 is 0 Å². The lowest BCUT2D eigenvalue weighted by molar-refractivity contribution is 0.0705. The normalized spacial score (nSPS) is 23.6. The number of amides is 2. The van der Waals surface area contributed by atoms with Crippen molar-refractivity contribution >= 4 is 11.8 Å². The Morgan fingerprint density at radius 1 is 1.04 bits per heavy atom. The average molecular weight is 370 g/mol. The molecule has 0 spiro atoms. The van der Waals surface area contributed by atoms with Crippen LogP contribution in [0.3, 0.4) is 0 Å². The summed E-state index contributed by atoms with van der Waals surface area (Å²) in [7, 11) is 0. The van der Waals surface area contributed by atoms with Crippen molar-refractivity contribution in [2.45, 2.75) is 51.5 Å². The molecule has 0 aromatic heterocycles. The van der Waals surface area contributed by atoms with Gasteiger partial charge in [0.05, 0.1) is 0 Å². The van der Waals surface area contributed by atoms with Crippen LogP contribution in [-0.4, -0.2) is 71.8 Å². The number of fused-ring (bicyclic) bond motifs is 1. The van der Waals surface area contributed by atoms with Gasteiger partial charge in [0.25, 0.3) is 11.8 Å². The standard InChI is InChI=1S/C22H31N3O2/c1-17-6-5-12-23(17)14-15-25-13-9-18-16-19(7-8-20(18)22(25)27)21(26)24-10-3-2-4-11-24/h7-8,16-17H,2-6,9-15H2,1H3/t17-/m1/s1. The van der Waals surface area contributed by atoms with Crippen molar-refractivity contribution in [1.29, 1.82) is 0 Å². The minimum absolute atomic E-state index is 0.121. The van der Waals surface area contributed by atoms with E-state index in [-0.39, 0.29) is 11.8 Å². The molecule has 0 unspecified atom stereocenters. The monoisotopic (exact) mass is 369 g/mol. The molecule has 3 aliphatic heterocycles. The van der Waals surface area contributed by atoms with E-state index in [1.807, 2.05) is 28.0 Å². The minimum atomic E-state index is 0.121. The van der Waals surface area contributed by atoms with Gasteiger partial charge < -0.3 is 9.80 Å². The van der Waals surface area contributed by atoms with Crippen LogP contribution < -0.4 is 0 Å². The number of carbonyl (C=O) groups is 2. The van der Waals surface area contributed by atoms with Crippen LogP contribution in [0.25, 0.3) is 0 Å². The summed E-state index contributed by atoms with van der Waals surface area (Å²) in [5.41, 5.74) is 2.56. The summed E-state index contributed by atoms with van der Waals surface area (Å²) >= 11 is 0. The molecule has 1 atom stereocenters. The maximum absolute atomic E-state index is 12.9. The zero-order chi connectivity index (χ0) is 18.8. The summed E-state index contributed by atoms with van der Waals surface area (Å²) in [5, 5.41) is 0. The third-order valence-electron chi connectivity index (χ3n) is 6.51. The SMILES string of the molecule is C[C@@H]1CCCN1CCN1CCc2cc(C(=O)N3CCCCC3)ccc2C1=O. The van der Waals surface area contributed by atoms with E-state index in [0.717, 1.165) is 75.2 Å². The zero-order valence-electron chi connectivity index (χ0n) is 16.5. The predicted molar refractivity (Wildman–Crippen MR) is 106 cm³/mol. The van der Waals surface area contributed by atoms with Crippen molar-refractivity contribution in [3.63, 3.8) is 0 Å². The van der Waals surface area contributed by atoms with Gasteiger partial charge in [-0.05, 0) is 75.8 Å². The quantitative estimate of drug-likeness (QED) is 0.820. The molecule has 4 rings (SSSR count). The molecule has 0 bridgehead atoms. The second-order valence-corrected chi connectivity index (χ2v) is 8.29. The van der Waals surface area contributed by atoms with Crippen molar-refractivity contribution in [2.75, 3.05) is 39.3 Å². The van der Waals surface area contributed by atoms with Crippen molar-refractivity contribution < 1.29 is 9.59 Å². The van der Waals surface area contributed by atoms with Crippen LogP contribution in [0.1, 0.15) is 65.3 Å². The Balaban J connectivity index is 1.41. The smallest absolute Gasteiger partial charge is 0.254 e. The lowest BCUT2D eigenvalue weighted by atomic mass is 9.96. The summed E-state index contributed by atoms with van der Waals surface area (Å²) in [4.78, 5) is 32.1. The number of likely N-dealkylation sites (tertiary alicyclic amines) is 2. The number of piperidine rings is 1. The second kappa shape index (κ2) is 8.01. The maximum atomic E-state index is 12.9. The fraction of sp³-hybridized carbons (Fsp3) is 0.636. The Kier molecular flexibility index (Phi) is 5.48. The lowest BCUT2D eigenvalue weighted by Gasteiger charge is -2.32. The first-order valence-corrected chi connectivity index (χ1v) is 10.6. The fourth-order valence-corrected chi connectivity index (χ4v) is 4.74. The molecule has 5 nitrogen and oxygen atoms in total. The van der Waals surface area contributed by atoms with Gasteiger partial charge in [-0.25, -0.2) is 0 Å². The van der Waals surface area contributed by atoms with Crippen LogP contribution in [0.2, 0.25) is 0 Å². The highest BCUT2D eigenvalue weighted by atomic mass is 16.2. The van der Waals surface area contributed by atoms with Gasteiger partial charge in [0.15, 0.2) is 0 Å². The third kappa shape index (κ3) is 3.88. The van der Waals surface area contributed by atoms with Crippen molar-refractivity contribution in [1.82, 2.24) is 14.7 Å². The van der Waals surface area contributed by atoms with E-state index in [1.54, 1.807) is 0 Å². The Morgan fingerprint density at radius 3 is 2.59 bits per heavy atom. The predicted octanol–water partition coefficient (Wildman–Crippen LogP) is 2.80. The number of hydrogen-bond donors (Lipinski definition) is 0. The highest BCUT2D eigenvalue weighted by Gasteiger charge is 2.28. The summed E-state index contributed by atoms with van der Waals surface area (Å²) in [5.74, 6) is 0.246. The molecular weight excluding hydrogens is 338 g/mol. The zero-order valence-corrected chi connectivity index (χ0v) is 16.5. The van der Waals surface area contributed by atoms with E-state index in [9.17, 15) is 9.59 Å². The van der Waals surface area contributed by atoms with Gasteiger partial charge in [0, 0.05) is 49.9 Å². The van der Waals surface area contributed by atoms with Crippen molar-refractivity contribution in [2.24, 2.45) is 0 Å². The molecule has 3 heterocycles. The number of carbonyl (C=O) groups excluding carboxylic acids is 2. The van der Waals surface area contributed by atoms with Gasteiger partial charge in [0.2, 0.25) is 0 Å². The highest BCUT2D eigenvalue weighted by molar-refractivity contribution is 6.00. The van der Waals surface area contributed by atoms with Crippen molar-refractivity contribution in [3.05, 3.63) is 34.9 Å². The Labute approximate surface area is 162 Å². The number of nitrogens with zero attached hydrogens (tertiary/aromatic N) is 3. The molecule has 0 saturated carbocycles. The van der Waals surface area contributed by atoms with Gasteiger partial charge in [-0.2, -0.15) is 0 Å². The summed E-state index contributed by atoms with van der Waals surface area (Å²) < 4.78 is 0. The van der Waals surface area contributed by atoms with Gasteiger partial charge in [-0.15, -0.1) is 0 Å². The van der Waals surface area contributed by atoms with Crippen LogP contribution in [0.5, 0.6) is 0 Å². The minimum Gasteiger partial charge on any atom is -0.339 e. The molecule has 1 aromatic rings. The molecule has 5 heteroatoms. The number of rotatable bonds is 4. The highest BCUT2D eigenvalue weighted by Crippen LogP contribution is 2.23. The molecule has 1 aromatic carbocycles. The van der Waals surface area contributed by atoms with Gasteiger partial charge in [0.1, 0.15) is 0 Å². The molecule has 2 saturated heterocycles. The first-order chi connectivity index (χ1) is 13.1. The fourth-order valence-electron chi connectivity index (χ4n) is 4.74. The number of benzene rings is 1. The Bertz CT molecular complexity index is 712. The summed E-state index contributed by atoms with van der Waals surface area (Å²) in [6, 6.07) is 6.32. The van der Waals surface area contributed by atoms with Crippen molar-refractivity contribution in [3.8, 4) is 0 Å². The topological polar surface area (TPSA) is 43.9 Å². The molecule has 3 aliphatic rings. The summed E-state index contributed by atoms with van der Waals surface area (Å²) in [6.07, 6.45) is 6.79. The van der Waals surface area contributed by atoms with Crippen LogP contribution >= 0.6 is 0 Å². The largest absolute Gasteiger partial charge is 0.339 e. The molecule has 0 aliphatic carbocycles. The Morgan fingerprint density at radius 2 is 1.85 bits per heavy atom. The van der Waals surface area contributed by atoms with E-state index in [2.05, 4.69) is 11.8 Å². The van der Waals surface area contributed by atoms with Crippen LogP contribution in [0.15, 0.2) is 18.2 Å². The van der Waals surface area contributed by atoms with Gasteiger partial charge in [-0.1, -0.05) is 0 Å². The van der Waals surface area contributed by atoms with Crippen LogP contribution in [0, 0.1) is 0 Å². The maximum Gasteiger partial charge on any atom is 0.254 e. The Hall–Kier alpha value is -1.88. The molecule has 27 heavy (non-hydrogen) atoms. The second-order valence-electron chi connectivity index (χ2n) is 8.29. The van der Waals surface area contributed by atoms with Gasteiger partial charge in [-0.3, -0.25) is 14.5 Å². The number of hydrogen-bond acceptors (Lipinski definition) is 3. The summed E-state index contributed by atoms with van der Waals surface area (Å²) in [6.45, 7) is 7.68. The van der Waals surface area contributed by atoms with E-state index in [1.165, 1.54) is 19.3 Å². The first-order valence-electron chi connectivity index (χ1n) is 10.6. The molecule has 146 valence electrons. The average Bonchev–Trinajstić information content (AvgIpc) is 3.12. The van der Waals surface area contributed by atoms with E-state index in [4.69, 9.17) is 0 Å². The molecule has 2 amide bonds. The first kappa shape index (κ1) is 18.5. The van der Waals surface area contributed by atoms with Crippen LogP contribution in [-0.2, 0) is 6.42 Å². The molecule has 0 N–H and O–H groups in total. The van der Waals surface area contributed by atoms with Gasteiger partial charge >= 0.3 is 0 Å². The third-order valence-corrected chi connectivity index (χ3v) is 6.51.